The summed E-state index contributed by atoms with van der Waals surface area (Å²) in [6.45, 7) is 2.43. The molecule has 8 heteroatoms. The van der Waals surface area contributed by atoms with Gasteiger partial charge in [0.15, 0.2) is 0 Å². The second-order valence-electron chi connectivity index (χ2n) is 5.44. The lowest BCUT2D eigenvalue weighted by atomic mass is 10.1. The monoisotopic (exact) mass is 340 g/mol. The Kier molecular flexibility index (Phi) is 4.47. The van der Waals surface area contributed by atoms with Gasteiger partial charge in [0.2, 0.25) is 10.0 Å². The van der Waals surface area contributed by atoms with Gasteiger partial charge >= 0.3 is 0 Å². The molecule has 1 aromatic heterocycles. The number of sulfonamides is 1. The fourth-order valence-electron chi connectivity index (χ4n) is 2.65. The molecule has 1 aliphatic heterocycles. The fraction of sp³-hybridized carbons (Fsp3) is 0.400. The predicted octanol–water partition coefficient (Wildman–Crippen LogP) is 2.03. The third-order valence-corrected chi connectivity index (χ3v) is 5.49. The quantitative estimate of drug-likeness (QED) is 0.851. The molecule has 0 N–H and O–H groups in total. The molecule has 0 radical (unpaired) electrons. The van der Waals surface area contributed by atoms with E-state index >= 15 is 0 Å². The number of halogens is 1. The molecule has 0 spiro atoms. The maximum atomic E-state index is 13.5. The van der Waals surface area contributed by atoms with Crippen molar-refractivity contribution in [3.05, 3.63) is 53.2 Å². The van der Waals surface area contributed by atoms with E-state index in [0.29, 0.717) is 23.6 Å². The van der Waals surface area contributed by atoms with Gasteiger partial charge in [-0.2, -0.15) is 4.31 Å². The van der Waals surface area contributed by atoms with Crippen molar-refractivity contribution in [3.63, 3.8) is 0 Å². The number of morpholine rings is 1. The number of hydrogen-bond donors (Lipinski definition) is 0. The standard InChI is InChI=1S/C15H17FN2O4S/c1-11-7-14(17-22-11)10-23(19,20)18-5-6-21-9-15(18)12-3-2-4-13(16)8-12/h2-4,7-8,15H,5-6,9-10H2,1H3/t15-/m0/s1. The van der Waals surface area contributed by atoms with Crippen molar-refractivity contribution in [2.75, 3.05) is 19.8 Å². The van der Waals surface area contributed by atoms with Gasteiger partial charge in [0, 0.05) is 12.6 Å². The number of ether oxygens (including phenoxy) is 1. The highest BCUT2D eigenvalue weighted by atomic mass is 32.2. The second kappa shape index (κ2) is 6.38. The number of aryl methyl sites for hydroxylation is 1. The second-order valence-corrected chi connectivity index (χ2v) is 7.36. The molecule has 3 rings (SSSR count). The summed E-state index contributed by atoms with van der Waals surface area (Å²) < 4.78 is 50.6. The van der Waals surface area contributed by atoms with Gasteiger partial charge in [-0.15, -0.1) is 0 Å². The molecule has 0 amide bonds. The zero-order valence-electron chi connectivity index (χ0n) is 12.6. The van der Waals surface area contributed by atoms with Crippen LogP contribution in [0.1, 0.15) is 23.1 Å². The van der Waals surface area contributed by atoms with E-state index in [9.17, 15) is 12.8 Å². The minimum atomic E-state index is -3.62. The topological polar surface area (TPSA) is 72.6 Å². The molecular weight excluding hydrogens is 323 g/mol. The van der Waals surface area contributed by atoms with Crippen LogP contribution in [0.2, 0.25) is 0 Å². The molecule has 23 heavy (non-hydrogen) atoms. The van der Waals surface area contributed by atoms with E-state index in [1.165, 1.54) is 16.4 Å². The number of rotatable bonds is 4. The van der Waals surface area contributed by atoms with E-state index in [2.05, 4.69) is 5.16 Å². The van der Waals surface area contributed by atoms with E-state index < -0.39 is 21.9 Å². The SMILES string of the molecule is Cc1cc(CS(=O)(=O)N2CCOC[C@H]2c2cccc(F)c2)no1. The Morgan fingerprint density at radius 2 is 2.22 bits per heavy atom. The van der Waals surface area contributed by atoms with Crippen LogP contribution in [0.4, 0.5) is 4.39 Å². The number of nitrogens with zero attached hydrogens (tertiary/aromatic N) is 2. The molecule has 0 aliphatic carbocycles. The summed E-state index contributed by atoms with van der Waals surface area (Å²) in [7, 11) is -3.62. The summed E-state index contributed by atoms with van der Waals surface area (Å²) in [5.74, 6) is -0.104. The van der Waals surface area contributed by atoms with Gasteiger partial charge in [0.25, 0.3) is 0 Å². The zero-order valence-corrected chi connectivity index (χ0v) is 13.4. The van der Waals surface area contributed by atoms with Crippen LogP contribution in [0.3, 0.4) is 0 Å². The maximum Gasteiger partial charge on any atom is 0.220 e. The lowest BCUT2D eigenvalue weighted by Crippen LogP contribution is -2.43. The van der Waals surface area contributed by atoms with E-state index in [0.717, 1.165) is 0 Å². The molecule has 6 nitrogen and oxygen atoms in total. The fourth-order valence-corrected chi connectivity index (χ4v) is 4.25. The third-order valence-electron chi connectivity index (χ3n) is 3.68. The minimum absolute atomic E-state index is 0.195. The molecule has 0 unspecified atom stereocenters. The molecule has 1 atom stereocenters. The van der Waals surface area contributed by atoms with Gasteiger partial charge in [0.05, 0.1) is 19.3 Å². The van der Waals surface area contributed by atoms with E-state index in [1.54, 1.807) is 25.1 Å². The van der Waals surface area contributed by atoms with Crippen LogP contribution in [0.5, 0.6) is 0 Å². The Balaban J connectivity index is 1.88. The molecule has 1 fully saturated rings. The molecular formula is C15H17FN2O4S. The van der Waals surface area contributed by atoms with Crippen LogP contribution < -0.4 is 0 Å². The summed E-state index contributed by atoms with van der Waals surface area (Å²) in [4.78, 5) is 0. The molecule has 124 valence electrons. The van der Waals surface area contributed by atoms with Crippen molar-refractivity contribution in [1.29, 1.82) is 0 Å². The Labute approximate surface area is 133 Å². The largest absolute Gasteiger partial charge is 0.378 e. The molecule has 1 aromatic carbocycles. The normalized spacial score (nSPS) is 19.8. The van der Waals surface area contributed by atoms with Crippen LogP contribution in [0.25, 0.3) is 0 Å². The van der Waals surface area contributed by atoms with Crippen molar-refractivity contribution in [3.8, 4) is 0 Å². The van der Waals surface area contributed by atoms with Crippen LogP contribution in [-0.4, -0.2) is 37.6 Å². The summed E-state index contributed by atoms with van der Waals surface area (Å²) in [6.07, 6.45) is 0. The summed E-state index contributed by atoms with van der Waals surface area (Å²) in [5, 5.41) is 3.74. The first-order valence-corrected chi connectivity index (χ1v) is 8.81. The Hall–Kier alpha value is -1.77. The first-order valence-electron chi connectivity index (χ1n) is 7.20. The maximum absolute atomic E-state index is 13.5. The average Bonchev–Trinajstić information content (AvgIpc) is 2.91. The molecule has 1 aliphatic rings. The van der Waals surface area contributed by atoms with E-state index in [1.807, 2.05) is 0 Å². The Morgan fingerprint density at radius 3 is 2.91 bits per heavy atom. The highest BCUT2D eigenvalue weighted by Gasteiger charge is 2.34. The number of hydrogen-bond acceptors (Lipinski definition) is 5. The highest BCUT2D eigenvalue weighted by Crippen LogP contribution is 2.28. The van der Waals surface area contributed by atoms with Crippen molar-refractivity contribution in [2.45, 2.75) is 18.7 Å². The van der Waals surface area contributed by atoms with E-state index in [4.69, 9.17) is 9.26 Å². The van der Waals surface area contributed by atoms with Gasteiger partial charge in [-0.3, -0.25) is 0 Å². The third kappa shape index (κ3) is 3.60. The molecule has 2 heterocycles. The lowest BCUT2D eigenvalue weighted by molar-refractivity contribution is 0.0319. The Morgan fingerprint density at radius 1 is 1.39 bits per heavy atom. The summed E-state index contributed by atoms with van der Waals surface area (Å²) in [6, 6.07) is 6.97. The first-order chi connectivity index (χ1) is 11.0. The first kappa shape index (κ1) is 16.1. The van der Waals surface area contributed by atoms with Crippen LogP contribution in [-0.2, 0) is 20.5 Å². The minimum Gasteiger partial charge on any atom is -0.378 e. The van der Waals surface area contributed by atoms with Crippen molar-refractivity contribution in [2.24, 2.45) is 0 Å². The smallest absolute Gasteiger partial charge is 0.220 e. The average molecular weight is 340 g/mol. The van der Waals surface area contributed by atoms with Gasteiger partial charge < -0.3 is 9.26 Å². The molecule has 1 saturated heterocycles. The van der Waals surface area contributed by atoms with Crippen LogP contribution in [0, 0.1) is 12.7 Å². The van der Waals surface area contributed by atoms with Gasteiger partial charge in [-0.25, -0.2) is 12.8 Å². The van der Waals surface area contributed by atoms with Crippen LogP contribution in [0.15, 0.2) is 34.9 Å². The van der Waals surface area contributed by atoms with Gasteiger partial charge in [0.1, 0.15) is 23.0 Å². The number of aromatic nitrogens is 1. The number of benzene rings is 1. The molecule has 0 bridgehead atoms. The summed E-state index contributed by atoms with van der Waals surface area (Å²) >= 11 is 0. The Bertz CT molecular complexity index is 790. The van der Waals surface area contributed by atoms with Gasteiger partial charge in [-0.1, -0.05) is 17.3 Å². The van der Waals surface area contributed by atoms with E-state index in [-0.39, 0.29) is 18.9 Å². The highest BCUT2D eigenvalue weighted by molar-refractivity contribution is 7.88. The lowest BCUT2D eigenvalue weighted by Gasteiger charge is -2.34. The predicted molar refractivity (Wildman–Crippen MR) is 80.5 cm³/mol. The van der Waals surface area contributed by atoms with Gasteiger partial charge in [-0.05, 0) is 24.6 Å². The van der Waals surface area contributed by atoms with Crippen molar-refractivity contribution in [1.82, 2.24) is 9.46 Å². The van der Waals surface area contributed by atoms with Crippen LogP contribution >= 0.6 is 0 Å². The molecule has 2 aromatic rings. The summed E-state index contributed by atoms with van der Waals surface area (Å²) in [5.41, 5.74) is 0.927. The van der Waals surface area contributed by atoms with Crippen molar-refractivity contribution >= 4 is 10.0 Å². The zero-order chi connectivity index (χ0) is 16.4. The van der Waals surface area contributed by atoms with Crippen molar-refractivity contribution < 1.29 is 22.1 Å². The molecule has 0 saturated carbocycles.